The molecule has 2 aromatic rings. The van der Waals surface area contributed by atoms with E-state index < -0.39 is 15.8 Å². The van der Waals surface area contributed by atoms with E-state index in [0.717, 1.165) is 22.0 Å². The van der Waals surface area contributed by atoms with Crippen LogP contribution in [0.15, 0.2) is 59.5 Å². The van der Waals surface area contributed by atoms with E-state index in [1.54, 1.807) is 0 Å². The molecule has 9 heteroatoms. The number of nitrogens with zero attached hydrogens (tertiary/aromatic N) is 1. The summed E-state index contributed by atoms with van der Waals surface area (Å²) in [7, 11) is -2.27. The largest absolute Gasteiger partial charge is 0.354 e. The summed E-state index contributed by atoms with van der Waals surface area (Å²) in [5.74, 6) is -0.684. The predicted molar refractivity (Wildman–Crippen MR) is 109 cm³/mol. The lowest BCUT2D eigenvalue weighted by molar-refractivity contribution is -0.121. The molecule has 154 valence electrons. The van der Waals surface area contributed by atoms with E-state index in [0.29, 0.717) is 13.0 Å². The van der Waals surface area contributed by atoms with Gasteiger partial charge in [0.2, 0.25) is 15.9 Å². The Morgan fingerprint density at radius 2 is 1.75 bits per heavy atom. The van der Waals surface area contributed by atoms with E-state index in [9.17, 15) is 17.6 Å². The molecule has 0 fully saturated rings. The number of carbonyl (C=O) groups excluding carboxylic acids is 1. The number of sulfonamides is 1. The van der Waals surface area contributed by atoms with Crippen LogP contribution < -0.4 is 11.1 Å². The van der Waals surface area contributed by atoms with Crippen LogP contribution in [0.5, 0.6) is 0 Å². The highest BCUT2D eigenvalue weighted by Gasteiger charge is 2.20. The summed E-state index contributed by atoms with van der Waals surface area (Å²) in [5.41, 5.74) is 6.96. The molecule has 1 amide bonds. The van der Waals surface area contributed by atoms with Gasteiger partial charge in [-0.3, -0.25) is 4.79 Å². The van der Waals surface area contributed by atoms with E-state index in [2.05, 4.69) is 5.32 Å². The first-order valence-electron chi connectivity index (χ1n) is 8.60. The van der Waals surface area contributed by atoms with Gasteiger partial charge in [0.05, 0.1) is 4.90 Å². The number of hydrogen-bond acceptors (Lipinski definition) is 4. The van der Waals surface area contributed by atoms with Crippen LogP contribution in [0.4, 0.5) is 4.39 Å². The Bertz CT molecular complexity index is 848. The molecule has 0 radical (unpaired) electrons. The van der Waals surface area contributed by atoms with Gasteiger partial charge in [-0.15, -0.1) is 12.4 Å². The summed E-state index contributed by atoms with van der Waals surface area (Å²) in [6.07, 6.45) is 0.550. The van der Waals surface area contributed by atoms with Gasteiger partial charge in [0.1, 0.15) is 5.82 Å². The molecular weight excluding hydrogens is 405 g/mol. The lowest BCUT2D eigenvalue weighted by atomic mass is 10.1. The fourth-order valence-corrected chi connectivity index (χ4v) is 3.71. The van der Waals surface area contributed by atoms with Crippen LogP contribution >= 0.6 is 12.4 Å². The van der Waals surface area contributed by atoms with Gasteiger partial charge in [0.25, 0.3) is 0 Å². The second-order valence-corrected chi connectivity index (χ2v) is 8.25. The summed E-state index contributed by atoms with van der Waals surface area (Å²) in [5, 5.41) is 2.76. The second-order valence-electron chi connectivity index (χ2n) is 6.21. The first-order valence-corrected chi connectivity index (χ1v) is 10.0. The quantitative estimate of drug-likeness (QED) is 0.640. The van der Waals surface area contributed by atoms with Crippen LogP contribution in [0.3, 0.4) is 0 Å². The maximum absolute atomic E-state index is 12.9. The van der Waals surface area contributed by atoms with Crippen molar-refractivity contribution >= 4 is 28.3 Å². The minimum atomic E-state index is -3.70. The summed E-state index contributed by atoms with van der Waals surface area (Å²) < 4.78 is 38.9. The number of carbonyl (C=O) groups is 1. The summed E-state index contributed by atoms with van der Waals surface area (Å²) in [6.45, 7) is 0.491. The molecule has 2 aromatic carbocycles. The van der Waals surface area contributed by atoms with Crippen molar-refractivity contribution in [3.05, 3.63) is 66.0 Å². The van der Waals surface area contributed by atoms with Gasteiger partial charge in [-0.25, -0.2) is 17.1 Å². The third kappa shape index (κ3) is 6.87. The fourth-order valence-electron chi connectivity index (χ4n) is 2.50. The van der Waals surface area contributed by atoms with Crippen LogP contribution in [0.25, 0.3) is 0 Å². The van der Waals surface area contributed by atoms with Crippen LogP contribution in [0.2, 0.25) is 0 Å². The maximum atomic E-state index is 12.9. The van der Waals surface area contributed by atoms with Crippen LogP contribution in [0.1, 0.15) is 24.4 Å². The number of hydrogen-bond donors (Lipinski definition) is 2. The molecule has 0 aliphatic rings. The molecular formula is C19H25ClFN3O3S. The number of nitrogens with one attached hydrogen (secondary N) is 1. The fraction of sp³-hybridized carbons (Fsp3) is 0.316. The van der Waals surface area contributed by atoms with Crippen molar-refractivity contribution in [1.29, 1.82) is 0 Å². The van der Waals surface area contributed by atoms with Crippen molar-refractivity contribution in [2.24, 2.45) is 5.73 Å². The highest BCUT2D eigenvalue weighted by Crippen LogP contribution is 2.15. The van der Waals surface area contributed by atoms with Crippen molar-refractivity contribution in [1.82, 2.24) is 9.62 Å². The van der Waals surface area contributed by atoms with E-state index in [4.69, 9.17) is 5.73 Å². The third-order valence-electron chi connectivity index (χ3n) is 4.15. The molecule has 0 heterocycles. The Hall–Kier alpha value is -2.00. The zero-order chi connectivity index (χ0) is 19.9. The molecule has 0 aliphatic heterocycles. The Morgan fingerprint density at radius 1 is 1.14 bits per heavy atom. The summed E-state index contributed by atoms with van der Waals surface area (Å²) in [4.78, 5) is 12.0. The van der Waals surface area contributed by atoms with Gasteiger partial charge in [0, 0.05) is 32.6 Å². The Balaban J connectivity index is 0.00000392. The molecule has 6 nitrogen and oxygen atoms in total. The average Bonchev–Trinajstić information content (AvgIpc) is 2.67. The lowest BCUT2D eigenvalue weighted by Gasteiger charge is -2.17. The minimum Gasteiger partial charge on any atom is -0.354 e. The number of nitrogens with two attached hydrogens (primary N) is 1. The topological polar surface area (TPSA) is 92.5 Å². The number of amides is 1. The summed E-state index contributed by atoms with van der Waals surface area (Å²) >= 11 is 0. The van der Waals surface area contributed by atoms with Gasteiger partial charge in [-0.1, -0.05) is 30.3 Å². The standard InChI is InChI=1S/C19H24FN3O3S.ClH/c1-23(27(25,26)17-11-9-16(20)10-12-17)13-5-8-19(24)22-14-18(21)15-6-3-2-4-7-15;/h2-4,6-7,9-12,18H,5,8,13-14,21H2,1H3,(H,22,24);1H. The van der Waals surface area contributed by atoms with Crippen LogP contribution in [-0.4, -0.2) is 38.8 Å². The van der Waals surface area contributed by atoms with E-state index in [-0.39, 0.29) is 42.2 Å². The smallest absolute Gasteiger partial charge is 0.242 e. The molecule has 0 bridgehead atoms. The molecule has 1 unspecified atom stereocenters. The first-order chi connectivity index (χ1) is 12.8. The van der Waals surface area contributed by atoms with Crippen LogP contribution in [0, 0.1) is 5.82 Å². The Labute approximate surface area is 171 Å². The monoisotopic (exact) mass is 429 g/mol. The van der Waals surface area contributed by atoms with Crippen molar-refractivity contribution in [2.75, 3.05) is 20.1 Å². The van der Waals surface area contributed by atoms with Gasteiger partial charge >= 0.3 is 0 Å². The number of rotatable bonds is 9. The predicted octanol–water partition coefficient (Wildman–Crippen LogP) is 2.46. The number of halogens is 2. The van der Waals surface area contributed by atoms with Gasteiger partial charge in [-0.2, -0.15) is 0 Å². The molecule has 1 atom stereocenters. The maximum Gasteiger partial charge on any atom is 0.242 e. The zero-order valence-corrected chi connectivity index (χ0v) is 17.2. The molecule has 2 rings (SSSR count). The molecule has 0 spiro atoms. The van der Waals surface area contributed by atoms with Gasteiger partial charge < -0.3 is 11.1 Å². The number of benzene rings is 2. The average molecular weight is 430 g/mol. The van der Waals surface area contributed by atoms with Crippen molar-refractivity contribution in [2.45, 2.75) is 23.8 Å². The van der Waals surface area contributed by atoms with Gasteiger partial charge in [-0.05, 0) is 36.2 Å². The Morgan fingerprint density at radius 3 is 2.36 bits per heavy atom. The SMILES string of the molecule is CN(CCCC(=O)NCC(N)c1ccccc1)S(=O)(=O)c1ccc(F)cc1.Cl. The second kappa shape index (κ2) is 11.1. The highest BCUT2D eigenvalue weighted by atomic mass is 35.5. The van der Waals surface area contributed by atoms with E-state index in [1.165, 1.54) is 19.2 Å². The first kappa shape index (κ1) is 24.0. The highest BCUT2D eigenvalue weighted by molar-refractivity contribution is 7.89. The molecule has 28 heavy (non-hydrogen) atoms. The molecule has 0 aliphatic carbocycles. The van der Waals surface area contributed by atoms with E-state index in [1.807, 2.05) is 30.3 Å². The molecule has 0 aromatic heterocycles. The summed E-state index contributed by atoms with van der Waals surface area (Å²) in [6, 6.07) is 13.8. The lowest BCUT2D eigenvalue weighted by Crippen LogP contribution is -2.33. The minimum absolute atomic E-state index is 0. The van der Waals surface area contributed by atoms with E-state index >= 15 is 0 Å². The van der Waals surface area contributed by atoms with Crippen molar-refractivity contribution < 1.29 is 17.6 Å². The molecule has 0 saturated heterocycles. The molecule has 0 saturated carbocycles. The van der Waals surface area contributed by atoms with Crippen molar-refractivity contribution in [3.63, 3.8) is 0 Å². The normalized spacial score (nSPS) is 12.3. The Kier molecular flexibility index (Phi) is 9.54. The third-order valence-corrected chi connectivity index (χ3v) is 6.02. The van der Waals surface area contributed by atoms with Crippen LogP contribution in [-0.2, 0) is 14.8 Å². The zero-order valence-electron chi connectivity index (χ0n) is 15.5. The van der Waals surface area contributed by atoms with Gasteiger partial charge in [0.15, 0.2) is 0 Å². The van der Waals surface area contributed by atoms with Crippen molar-refractivity contribution in [3.8, 4) is 0 Å². The molecule has 3 N–H and O–H groups in total.